The van der Waals surface area contributed by atoms with Crippen LogP contribution in [0.15, 0.2) is 61.2 Å². The molecule has 1 amide bonds. The summed E-state index contributed by atoms with van der Waals surface area (Å²) in [6.45, 7) is 10.2. The van der Waals surface area contributed by atoms with E-state index in [1.54, 1.807) is 17.9 Å². The van der Waals surface area contributed by atoms with Crippen LogP contribution in [0.5, 0.6) is 5.75 Å². The summed E-state index contributed by atoms with van der Waals surface area (Å²) in [7, 11) is 0. The number of carbonyl (C=O) groups is 1. The Balaban J connectivity index is 1.60. The first-order chi connectivity index (χ1) is 13.7. The van der Waals surface area contributed by atoms with Crippen LogP contribution in [0.1, 0.15) is 51.8 Å². The van der Waals surface area contributed by atoms with E-state index in [0.717, 1.165) is 11.3 Å². The van der Waals surface area contributed by atoms with Crippen LogP contribution in [0.3, 0.4) is 0 Å². The summed E-state index contributed by atoms with van der Waals surface area (Å²) in [6.07, 6.45) is 2.55. The average molecular weight is 393 g/mol. The van der Waals surface area contributed by atoms with Crippen molar-refractivity contribution in [2.24, 2.45) is 0 Å². The predicted molar refractivity (Wildman–Crippen MR) is 113 cm³/mol. The normalized spacial score (nSPS) is 13.6. The van der Waals surface area contributed by atoms with E-state index >= 15 is 0 Å². The Bertz CT molecular complexity index is 944. The molecule has 0 aliphatic carbocycles. The molecule has 0 aliphatic heterocycles. The Labute approximate surface area is 171 Å². The molecule has 0 saturated heterocycles. The third-order valence-corrected chi connectivity index (χ3v) is 4.82. The summed E-state index contributed by atoms with van der Waals surface area (Å²) >= 11 is 0. The molecule has 0 saturated carbocycles. The topological polar surface area (TPSA) is 69.0 Å². The largest absolute Gasteiger partial charge is 0.481 e. The lowest BCUT2D eigenvalue weighted by atomic mass is 9.87. The maximum atomic E-state index is 12.6. The molecule has 0 aliphatic rings. The Morgan fingerprint density at radius 3 is 2.45 bits per heavy atom. The maximum absolute atomic E-state index is 12.6. The lowest BCUT2D eigenvalue weighted by Gasteiger charge is -2.22. The number of carbonyl (C=O) groups excluding carboxylic acids is 1. The zero-order valence-corrected chi connectivity index (χ0v) is 17.6. The third kappa shape index (κ3) is 5.22. The first kappa shape index (κ1) is 20.6. The number of amides is 1. The zero-order chi connectivity index (χ0) is 21.0. The fraction of sp³-hybridized carbons (Fsp3) is 0.348. The lowest BCUT2D eigenvalue weighted by Crippen LogP contribution is -2.37. The van der Waals surface area contributed by atoms with Gasteiger partial charge in [-0.15, -0.1) is 0 Å². The number of nitrogens with zero attached hydrogens (tertiary/aromatic N) is 3. The fourth-order valence-electron chi connectivity index (χ4n) is 2.96. The standard InChI is InChI=1S/C23H28N4O2/c1-16(18-9-11-20(12-10-18)27-15-24-14-25-27)26-22(28)17(2)29-21-8-6-7-19(13-21)23(3,4)5/h6-17H,1-5H3,(H,26,28). The highest BCUT2D eigenvalue weighted by atomic mass is 16.5. The summed E-state index contributed by atoms with van der Waals surface area (Å²) in [5, 5.41) is 7.13. The highest BCUT2D eigenvalue weighted by Gasteiger charge is 2.19. The van der Waals surface area contributed by atoms with E-state index in [2.05, 4.69) is 42.2 Å². The van der Waals surface area contributed by atoms with Gasteiger partial charge in [0.2, 0.25) is 0 Å². The minimum Gasteiger partial charge on any atom is -0.481 e. The van der Waals surface area contributed by atoms with E-state index in [4.69, 9.17) is 4.74 Å². The van der Waals surface area contributed by atoms with Gasteiger partial charge in [-0.3, -0.25) is 4.79 Å². The van der Waals surface area contributed by atoms with Crippen molar-refractivity contribution in [2.75, 3.05) is 0 Å². The molecule has 0 bridgehead atoms. The molecule has 2 unspecified atom stereocenters. The Hall–Kier alpha value is -3.15. The molecular weight excluding hydrogens is 364 g/mol. The number of ether oxygens (including phenoxy) is 1. The molecule has 0 spiro atoms. The van der Waals surface area contributed by atoms with Crippen molar-refractivity contribution in [3.8, 4) is 11.4 Å². The smallest absolute Gasteiger partial charge is 0.261 e. The highest BCUT2D eigenvalue weighted by Crippen LogP contribution is 2.26. The van der Waals surface area contributed by atoms with Crippen LogP contribution in [0.2, 0.25) is 0 Å². The van der Waals surface area contributed by atoms with E-state index < -0.39 is 6.10 Å². The Kier molecular flexibility index (Phi) is 6.01. The van der Waals surface area contributed by atoms with Gasteiger partial charge in [0.1, 0.15) is 18.4 Å². The van der Waals surface area contributed by atoms with Gasteiger partial charge in [0, 0.05) is 0 Å². The van der Waals surface area contributed by atoms with Crippen LogP contribution >= 0.6 is 0 Å². The summed E-state index contributed by atoms with van der Waals surface area (Å²) < 4.78 is 7.58. The number of benzene rings is 2. The Morgan fingerprint density at radius 2 is 1.83 bits per heavy atom. The van der Waals surface area contributed by atoms with Crippen LogP contribution in [-0.2, 0) is 10.2 Å². The molecule has 1 N–H and O–H groups in total. The zero-order valence-electron chi connectivity index (χ0n) is 17.6. The monoisotopic (exact) mass is 392 g/mol. The van der Waals surface area contributed by atoms with Crippen LogP contribution in [0.4, 0.5) is 0 Å². The molecule has 0 radical (unpaired) electrons. The van der Waals surface area contributed by atoms with Gasteiger partial charge in [-0.1, -0.05) is 45.0 Å². The second-order valence-corrected chi connectivity index (χ2v) is 8.20. The number of hydrogen-bond acceptors (Lipinski definition) is 4. The molecule has 3 rings (SSSR count). The van der Waals surface area contributed by atoms with Gasteiger partial charge in [-0.05, 0) is 54.7 Å². The van der Waals surface area contributed by atoms with E-state index in [1.165, 1.54) is 11.9 Å². The van der Waals surface area contributed by atoms with E-state index in [9.17, 15) is 4.79 Å². The molecule has 2 aromatic carbocycles. The number of hydrogen-bond donors (Lipinski definition) is 1. The van der Waals surface area contributed by atoms with Crippen molar-refractivity contribution in [2.45, 2.75) is 52.2 Å². The molecule has 1 aromatic heterocycles. The molecule has 1 heterocycles. The van der Waals surface area contributed by atoms with Crippen molar-refractivity contribution in [3.05, 3.63) is 72.3 Å². The summed E-state index contributed by atoms with van der Waals surface area (Å²) in [4.78, 5) is 16.6. The second kappa shape index (κ2) is 8.47. The predicted octanol–water partition coefficient (Wildman–Crippen LogP) is 4.21. The van der Waals surface area contributed by atoms with Gasteiger partial charge in [0.15, 0.2) is 6.10 Å². The number of aromatic nitrogens is 3. The van der Waals surface area contributed by atoms with E-state index in [-0.39, 0.29) is 17.4 Å². The maximum Gasteiger partial charge on any atom is 0.261 e. The first-order valence-electron chi connectivity index (χ1n) is 9.76. The van der Waals surface area contributed by atoms with Crippen molar-refractivity contribution >= 4 is 5.91 Å². The third-order valence-electron chi connectivity index (χ3n) is 4.82. The fourth-order valence-corrected chi connectivity index (χ4v) is 2.96. The van der Waals surface area contributed by atoms with E-state index in [1.807, 2.05) is 49.4 Å². The van der Waals surface area contributed by atoms with Gasteiger partial charge >= 0.3 is 0 Å². The van der Waals surface area contributed by atoms with E-state index in [0.29, 0.717) is 5.75 Å². The number of nitrogens with one attached hydrogen (secondary N) is 1. The highest BCUT2D eigenvalue weighted by molar-refractivity contribution is 5.81. The van der Waals surface area contributed by atoms with Crippen LogP contribution < -0.4 is 10.1 Å². The van der Waals surface area contributed by atoms with Crippen LogP contribution in [0, 0.1) is 0 Å². The van der Waals surface area contributed by atoms with Crippen LogP contribution in [0.25, 0.3) is 5.69 Å². The van der Waals surface area contributed by atoms with Gasteiger partial charge in [-0.2, -0.15) is 5.10 Å². The van der Waals surface area contributed by atoms with Gasteiger partial charge in [-0.25, -0.2) is 9.67 Å². The molecule has 6 nitrogen and oxygen atoms in total. The second-order valence-electron chi connectivity index (χ2n) is 8.20. The first-order valence-corrected chi connectivity index (χ1v) is 9.76. The molecule has 152 valence electrons. The minimum absolute atomic E-state index is 0.0256. The molecular formula is C23H28N4O2. The summed E-state index contributed by atoms with van der Waals surface area (Å²) in [6, 6.07) is 15.6. The lowest BCUT2D eigenvalue weighted by molar-refractivity contribution is -0.127. The molecule has 3 aromatic rings. The summed E-state index contributed by atoms with van der Waals surface area (Å²) in [5.41, 5.74) is 3.12. The molecule has 0 fully saturated rings. The SMILES string of the molecule is CC(Oc1cccc(C(C)(C)C)c1)C(=O)NC(C)c1ccc(-n2cncn2)cc1. The van der Waals surface area contributed by atoms with Gasteiger partial charge < -0.3 is 10.1 Å². The van der Waals surface area contributed by atoms with Gasteiger partial charge in [0.25, 0.3) is 5.91 Å². The molecule has 6 heteroatoms. The van der Waals surface area contributed by atoms with Crippen molar-refractivity contribution in [1.29, 1.82) is 0 Å². The average Bonchev–Trinajstić information content (AvgIpc) is 3.22. The molecule has 29 heavy (non-hydrogen) atoms. The van der Waals surface area contributed by atoms with Crippen molar-refractivity contribution in [1.82, 2.24) is 20.1 Å². The summed E-state index contributed by atoms with van der Waals surface area (Å²) in [5.74, 6) is 0.545. The molecule has 2 atom stereocenters. The minimum atomic E-state index is -0.595. The van der Waals surface area contributed by atoms with Crippen molar-refractivity contribution in [3.63, 3.8) is 0 Å². The quantitative estimate of drug-likeness (QED) is 0.682. The van der Waals surface area contributed by atoms with Crippen molar-refractivity contribution < 1.29 is 9.53 Å². The number of rotatable bonds is 6. The van der Waals surface area contributed by atoms with Crippen LogP contribution in [-0.4, -0.2) is 26.8 Å². The Morgan fingerprint density at radius 1 is 1.10 bits per heavy atom. The van der Waals surface area contributed by atoms with Gasteiger partial charge in [0.05, 0.1) is 11.7 Å².